The van der Waals surface area contributed by atoms with E-state index < -0.39 is 9.84 Å². The molecule has 21 heavy (non-hydrogen) atoms. The van der Waals surface area contributed by atoms with Crippen molar-refractivity contribution in [2.24, 2.45) is 10.9 Å². The lowest BCUT2D eigenvalue weighted by Gasteiger charge is -2.26. The van der Waals surface area contributed by atoms with Crippen molar-refractivity contribution < 1.29 is 13.6 Å². The van der Waals surface area contributed by atoms with Gasteiger partial charge in [0.1, 0.15) is 0 Å². The van der Waals surface area contributed by atoms with Gasteiger partial charge in [0.25, 0.3) is 0 Å². The first kappa shape index (κ1) is 15.5. The summed E-state index contributed by atoms with van der Waals surface area (Å²) in [6.45, 7) is 3.58. The van der Waals surface area contributed by atoms with Crippen LogP contribution in [0.1, 0.15) is 23.2 Å². The van der Waals surface area contributed by atoms with E-state index in [0.717, 1.165) is 5.56 Å². The average Bonchev–Trinajstić information content (AvgIpc) is 2.80. The van der Waals surface area contributed by atoms with E-state index in [-0.39, 0.29) is 23.4 Å². The summed E-state index contributed by atoms with van der Waals surface area (Å²) in [7, 11) is -1.26. The van der Waals surface area contributed by atoms with E-state index in [1.54, 1.807) is 25.8 Å². The second-order valence-electron chi connectivity index (χ2n) is 5.26. The van der Waals surface area contributed by atoms with E-state index in [0.29, 0.717) is 23.5 Å². The van der Waals surface area contributed by atoms with Crippen molar-refractivity contribution in [1.29, 1.82) is 0 Å². The van der Waals surface area contributed by atoms with Gasteiger partial charge in [-0.15, -0.1) is 5.10 Å². The fourth-order valence-electron chi connectivity index (χ4n) is 2.45. The average molecular weight is 313 g/mol. The van der Waals surface area contributed by atoms with Gasteiger partial charge in [-0.2, -0.15) is 5.10 Å². The molecule has 1 saturated heterocycles. The van der Waals surface area contributed by atoms with Crippen LogP contribution in [0.3, 0.4) is 0 Å². The van der Waals surface area contributed by atoms with Crippen molar-refractivity contribution >= 4 is 21.5 Å². The second-order valence-corrected chi connectivity index (χ2v) is 7.49. The molecule has 0 bridgehead atoms. The fraction of sp³-hybridized carbons (Fsp3) is 0.583. The molecule has 1 aliphatic rings. The summed E-state index contributed by atoms with van der Waals surface area (Å²) < 4.78 is 23.2. The Balaban J connectivity index is 2.47. The molecule has 0 spiro atoms. The van der Waals surface area contributed by atoms with Crippen LogP contribution in [0.2, 0.25) is 0 Å². The third-order valence-corrected chi connectivity index (χ3v) is 5.64. The van der Waals surface area contributed by atoms with Crippen LogP contribution in [-0.4, -0.2) is 54.3 Å². The molecule has 1 aromatic heterocycles. The van der Waals surface area contributed by atoms with Crippen molar-refractivity contribution in [3.63, 3.8) is 0 Å². The monoisotopic (exact) mass is 313 g/mol. The highest BCUT2D eigenvalue weighted by Gasteiger charge is 2.33. The Hall–Kier alpha value is -1.90. The highest BCUT2D eigenvalue weighted by atomic mass is 32.2. The number of hydrogen-bond acceptors (Lipinski definition) is 7. The van der Waals surface area contributed by atoms with Gasteiger partial charge >= 0.3 is 0 Å². The maximum atomic E-state index is 11.6. The van der Waals surface area contributed by atoms with E-state index >= 15 is 0 Å². The summed E-state index contributed by atoms with van der Waals surface area (Å²) in [5.41, 5.74) is 7.65. The molecule has 0 radical (unpaired) electrons. The molecule has 0 aliphatic carbocycles. The van der Waals surface area contributed by atoms with Gasteiger partial charge in [-0.25, -0.2) is 8.42 Å². The van der Waals surface area contributed by atoms with Crippen LogP contribution in [0.5, 0.6) is 0 Å². The van der Waals surface area contributed by atoms with Crippen LogP contribution >= 0.6 is 0 Å². The number of nitrogens with two attached hydrogens (primary N) is 1. The second kappa shape index (κ2) is 5.47. The molecular formula is C12H19N5O3S. The van der Waals surface area contributed by atoms with E-state index in [9.17, 15) is 8.42 Å². The molecule has 1 aromatic rings. The minimum atomic E-state index is -3.01. The molecule has 3 N–H and O–H groups in total. The quantitative estimate of drug-likeness (QED) is 0.343. The normalized spacial score (nSPS) is 21.5. The minimum absolute atomic E-state index is 0.0618. The van der Waals surface area contributed by atoms with Crippen LogP contribution in [0.15, 0.2) is 5.16 Å². The maximum absolute atomic E-state index is 11.6. The third kappa shape index (κ3) is 2.92. The van der Waals surface area contributed by atoms with Crippen molar-refractivity contribution in [1.82, 2.24) is 10.2 Å². The summed E-state index contributed by atoms with van der Waals surface area (Å²) >= 11 is 0. The molecule has 1 aliphatic heterocycles. The molecule has 1 unspecified atom stereocenters. The van der Waals surface area contributed by atoms with E-state index in [2.05, 4.69) is 15.4 Å². The smallest absolute Gasteiger partial charge is 0.174 e. The van der Waals surface area contributed by atoms with Crippen LogP contribution in [0, 0.1) is 13.8 Å². The Kier molecular flexibility index (Phi) is 4.04. The van der Waals surface area contributed by atoms with Gasteiger partial charge in [0, 0.05) is 13.1 Å². The molecule has 0 saturated carbocycles. The largest absolute Gasteiger partial charge is 0.409 e. The lowest BCUT2D eigenvalue weighted by atomic mass is 10.1. The molecular weight excluding hydrogens is 294 g/mol. The highest BCUT2D eigenvalue weighted by Crippen LogP contribution is 2.26. The standard InChI is InChI=1S/C12H19N5O3S/c1-7-8(2)14-15-12(10(7)11(13)16-18)17(3)9-4-5-21(19,20)6-9/h9,18H,4-6H2,1-3H3,(H2,13,16). The highest BCUT2D eigenvalue weighted by molar-refractivity contribution is 7.91. The number of hydrogen-bond donors (Lipinski definition) is 2. The van der Waals surface area contributed by atoms with Gasteiger partial charge in [0.15, 0.2) is 21.5 Å². The molecule has 0 amide bonds. The lowest BCUT2D eigenvalue weighted by Crippen LogP contribution is -2.35. The Morgan fingerprint density at radius 3 is 2.62 bits per heavy atom. The molecule has 8 nitrogen and oxygen atoms in total. The molecule has 1 fully saturated rings. The minimum Gasteiger partial charge on any atom is -0.409 e. The summed E-state index contributed by atoms with van der Waals surface area (Å²) in [6, 6.07) is -0.184. The van der Waals surface area contributed by atoms with E-state index in [1.165, 1.54) is 0 Å². The number of amidine groups is 1. The first-order valence-corrected chi connectivity index (χ1v) is 8.34. The maximum Gasteiger partial charge on any atom is 0.174 e. The predicted molar refractivity (Wildman–Crippen MR) is 79.5 cm³/mol. The zero-order valence-electron chi connectivity index (χ0n) is 12.2. The molecule has 2 heterocycles. The SMILES string of the molecule is Cc1nnc(N(C)C2CCS(=O)(=O)C2)c(/C(N)=N/O)c1C. The number of aryl methyl sites for hydroxylation is 1. The number of aromatic nitrogens is 2. The van der Waals surface area contributed by atoms with Gasteiger partial charge in [-0.05, 0) is 25.8 Å². The summed E-state index contributed by atoms with van der Waals surface area (Å²) in [5.74, 6) is 0.607. The number of oxime groups is 1. The van der Waals surface area contributed by atoms with Gasteiger partial charge < -0.3 is 15.8 Å². The summed E-state index contributed by atoms with van der Waals surface area (Å²) in [4.78, 5) is 1.75. The zero-order chi connectivity index (χ0) is 15.8. The van der Waals surface area contributed by atoms with Gasteiger partial charge in [0.2, 0.25) is 0 Å². The predicted octanol–water partition coefficient (Wildman–Crippen LogP) is -0.189. The Labute approximate surface area is 123 Å². The Morgan fingerprint density at radius 2 is 2.10 bits per heavy atom. The number of sulfone groups is 1. The summed E-state index contributed by atoms with van der Waals surface area (Å²) in [5, 5.41) is 20.2. The zero-order valence-corrected chi connectivity index (χ0v) is 13.1. The van der Waals surface area contributed by atoms with E-state index in [4.69, 9.17) is 10.9 Å². The van der Waals surface area contributed by atoms with Crippen LogP contribution in [0.4, 0.5) is 5.82 Å². The van der Waals surface area contributed by atoms with E-state index in [1.807, 2.05) is 0 Å². The number of rotatable bonds is 3. The Bertz CT molecular complexity index is 686. The van der Waals surface area contributed by atoms with Gasteiger partial charge in [-0.3, -0.25) is 0 Å². The molecule has 0 aromatic carbocycles. The Morgan fingerprint density at radius 1 is 1.43 bits per heavy atom. The van der Waals surface area contributed by atoms with Crippen LogP contribution < -0.4 is 10.6 Å². The lowest BCUT2D eigenvalue weighted by molar-refractivity contribution is 0.318. The summed E-state index contributed by atoms with van der Waals surface area (Å²) in [6.07, 6.45) is 0.531. The van der Waals surface area contributed by atoms with Gasteiger partial charge in [-0.1, -0.05) is 5.16 Å². The van der Waals surface area contributed by atoms with Crippen molar-refractivity contribution in [2.45, 2.75) is 26.3 Å². The van der Waals surface area contributed by atoms with Crippen LogP contribution in [-0.2, 0) is 9.84 Å². The molecule has 1 atom stereocenters. The first-order chi connectivity index (χ1) is 9.76. The molecule has 2 rings (SSSR count). The van der Waals surface area contributed by atoms with Gasteiger partial charge in [0.05, 0.1) is 22.8 Å². The first-order valence-electron chi connectivity index (χ1n) is 6.52. The van der Waals surface area contributed by atoms with Crippen molar-refractivity contribution in [2.75, 3.05) is 23.5 Å². The number of anilines is 1. The fourth-order valence-corrected chi connectivity index (χ4v) is 4.23. The molecule has 116 valence electrons. The molecule has 9 heteroatoms. The van der Waals surface area contributed by atoms with Crippen molar-refractivity contribution in [3.8, 4) is 0 Å². The third-order valence-electron chi connectivity index (χ3n) is 3.89. The number of nitrogens with zero attached hydrogens (tertiary/aromatic N) is 4. The van der Waals surface area contributed by atoms with Crippen molar-refractivity contribution in [3.05, 3.63) is 16.8 Å². The van der Waals surface area contributed by atoms with Crippen LogP contribution in [0.25, 0.3) is 0 Å². The topological polar surface area (TPSA) is 122 Å².